The largest absolute Gasteiger partial charge is 0.379 e. The van der Waals surface area contributed by atoms with Gasteiger partial charge >= 0.3 is 0 Å². The molecule has 24 heavy (non-hydrogen) atoms. The average Bonchev–Trinajstić information content (AvgIpc) is 2.57. The Hall–Kier alpha value is -2.79. The number of carbonyl (C=O) groups is 3. The van der Waals surface area contributed by atoms with Crippen molar-refractivity contribution in [3.63, 3.8) is 0 Å². The summed E-state index contributed by atoms with van der Waals surface area (Å²) in [6.45, 7) is 2.51. The summed E-state index contributed by atoms with van der Waals surface area (Å²) >= 11 is 0. The highest BCUT2D eigenvalue weighted by molar-refractivity contribution is 6.30. The zero-order valence-corrected chi connectivity index (χ0v) is 13.1. The Morgan fingerprint density at radius 1 is 0.958 bits per heavy atom. The Kier molecular flexibility index (Phi) is 3.15. The smallest absolute Gasteiger partial charge is 0.235 e. The number of amides is 1. The Bertz CT molecular complexity index is 896. The van der Waals surface area contributed by atoms with Crippen LogP contribution in [-0.2, 0) is 9.53 Å². The lowest BCUT2D eigenvalue weighted by atomic mass is 9.82. The average molecular weight is 321 g/mol. The number of ether oxygens (including phenoxy) is 1. The van der Waals surface area contributed by atoms with E-state index in [1.54, 1.807) is 42.5 Å². The molecule has 0 unspecified atom stereocenters. The molecule has 0 radical (unpaired) electrons. The first-order chi connectivity index (χ1) is 11.5. The minimum Gasteiger partial charge on any atom is -0.379 e. The molecule has 2 aliphatic rings. The molecule has 5 heteroatoms. The van der Waals surface area contributed by atoms with E-state index in [2.05, 4.69) is 5.32 Å². The van der Waals surface area contributed by atoms with E-state index in [9.17, 15) is 14.4 Å². The molecular formula is C19H15NO4. The first-order valence-corrected chi connectivity index (χ1v) is 7.72. The van der Waals surface area contributed by atoms with Crippen molar-refractivity contribution < 1.29 is 19.1 Å². The van der Waals surface area contributed by atoms with Crippen molar-refractivity contribution in [1.29, 1.82) is 0 Å². The lowest BCUT2D eigenvalue weighted by molar-refractivity contribution is -0.151. The summed E-state index contributed by atoms with van der Waals surface area (Å²) in [5, 5.41) is 2.80. The van der Waals surface area contributed by atoms with Gasteiger partial charge in [-0.3, -0.25) is 14.4 Å². The van der Waals surface area contributed by atoms with Gasteiger partial charge < -0.3 is 10.1 Å². The minimum absolute atomic E-state index is 0.200. The molecule has 0 spiro atoms. The molecule has 4 rings (SSSR count). The summed E-state index contributed by atoms with van der Waals surface area (Å²) in [6.07, 6.45) is 0. The number of fused-ring (bicyclic) bond motifs is 2. The molecule has 5 nitrogen and oxygen atoms in total. The Morgan fingerprint density at radius 2 is 1.58 bits per heavy atom. The highest BCUT2D eigenvalue weighted by Gasteiger charge is 2.42. The summed E-state index contributed by atoms with van der Waals surface area (Å²) in [5.74, 6) is -0.651. The maximum atomic E-state index is 12.9. The number of rotatable bonds is 2. The Balaban J connectivity index is 1.78. The molecule has 120 valence electrons. The van der Waals surface area contributed by atoms with Crippen molar-refractivity contribution in [1.82, 2.24) is 0 Å². The number of hydrogen-bond donors (Lipinski definition) is 1. The minimum atomic E-state index is -0.595. The normalized spacial score (nSPS) is 17.5. The van der Waals surface area contributed by atoms with Gasteiger partial charge in [0.1, 0.15) is 0 Å². The van der Waals surface area contributed by atoms with Gasteiger partial charge in [-0.1, -0.05) is 36.4 Å². The quantitative estimate of drug-likeness (QED) is 0.787. The van der Waals surface area contributed by atoms with Crippen LogP contribution < -0.4 is 5.32 Å². The molecule has 0 bridgehead atoms. The molecular weight excluding hydrogens is 306 g/mol. The predicted octanol–water partition coefficient (Wildman–Crippen LogP) is 2.44. The summed E-state index contributed by atoms with van der Waals surface area (Å²) < 4.78 is 5.11. The number of nitrogens with one attached hydrogen (secondary N) is 1. The van der Waals surface area contributed by atoms with Gasteiger partial charge in [0.2, 0.25) is 5.91 Å². The van der Waals surface area contributed by atoms with Gasteiger partial charge in [0, 0.05) is 16.7 Å². The number of hydrogen-bond acceptors (Lipinski definition) is 4. The maximum Gasteiger partial charge on any atom is 0.235 e. The highest BCUT2D eigenvalue weighted by Crippen LogP contribution is 2.34. The first kappa shape index (κ1) is 14.8. The summed E-state index contributed by atoms with van der Waals surface area (Å²) in [5.41, 5.74) is 1.14. The van der Waals surface area contributed by atoms with E-state index < -0.39 is 5.41 Å². The van der Waals surface area contributed by atoms with Crippen LogP contribution in [-0.4, -0.2) is 30.7 Å². The van der Waals surface area contributed by atoms with Crippen molar-refractivity contribution in [3.8, 4) is 0 Å². The number of benzene rings is 2. The summed E-state index contributed by atoms with van der Waals surface area (Å²) in [4.78, 5) is 38.0. The van der Waals surface area contributed by atoms with Crippen LogP contribution >= 0.6 is 0 Å². The second-order valence-corrected chi connectivity index (χ2v) is 6.44. The van der Waals surface area contributed by atoms with E-state index in [0.717, 1.165) is 0 Å². The fourth-order valence-corrected chi connectivity index (χ4v) is 3.06. The Morgan fingerprint density at radius 3 is 2.21 bits per heavy atom. The third kappa shape index (κ3) is 2.02. The number of ketones is 2. The number of anilines is 1. The molecule has 1 fully saturated rings. The van der Waals surface area contributed by atoms with Crippen LogP contribution in [0.3, 0.4) is 0 Å². The molecule has 0 saturated carbocycles. The highest BCUT2D eigenvalue weighted by atomic mass is 16.5. The molecule has 1 amide bonds. The van der Waals surface area contributed by atoms with Crippen LogP contribution in [0.15, 0.2) is 42.5 Å². The fraction of sp³-hybridized carbons (Fsp3) is 0.211. The monoisotopic (exact) mass is 321 g/mol. The van der Waals surface area contributed by atoms with Crippen LogP contribution in [0.4, 0.5) is 5.69 Å². The van der Waals surface area contributed by atoms with Gasteiger partial charge in [0.05, 0.1) is 29.9 Å². The van der Waals surface area contributed by atoms with Crippen molar-refractivity contribution in [3.05, 3.63) is 64.7 Å². The molecule has 1 saturated heterocycles. The fourth-order valence-electron chi connectivity index (χ4n) is 3.06. The van der Waals surface area contributed by atoms with Crippen molar-refractivity contribution >= 4 is 23.2 Å². The first-order valence-electron chi connectivity index (χ1n) is 7.72. The molecule has 1 heterocycles. The summed E-state index contributed by atoms with van der Waals surface area (Å²) in [7, 11) is 0. The lowest BCUT2D eigenvalue weighted by Crippen LogP contribution is -2.49. The molecule has 1 aliphatic heterocycles. The van der Waals surface area contributed by atoms with Gasteiger partial charge in [-0.05, 0) is 13.0 Å². The van der Waals surface area contributed by atoms with E-state index in [0.29, 0.717) is 35.6 Å². The van der Waals surface area contributed by atoms with E-state index >= 15 is 0 Å². The standard InChI is InChI=1S/C19H15NO4/c1-19(9-24-10-19)18(23)20-14-8-4-7-13-15(14)17(22)12-6-3-2-5-11(12)16(13)21/h2-8H,9-10H2,1H3,(H,20,23). The van der Waals surface area contributed by atoms with Crippen LogP contribution in [0.2, 0.25) is 0 Å². The van der Waals surface area contributed by atoms with Crippen molar-refractivity contribution in [2.75, 3.05) is 18.5 Å². The van der Waals surface area contributed by atoms with E-state index in [-0.39, 0.29) is 23.0 Å². The molecule has 2 aromatic carbocycles. The van der Waals surface area contributed by atoms with E-state index in [1.165, 1.54) is 0 Å². The second kappa shape index (κ2) is 5.11. The van der Waals surface area contributed by atoms with Gasteiger partial charge in [0.15, 0.2) is 11.6 Å². The van der Waals surface area contributed by atoms with E-state index in [1.807, 2.05) is 6.92 Å². The van der Waals surface area contributed by atoms with Crippen LogP contribution in [0.5, 0.6) is 0 Å². The lowest BCUT2D eigenvalue weighted by Gasteiger charge is -2.36. The molecule has 0 aromatic heterocycles. The van der Waals surface area contributed by atoms with Crippen LogP contribution in [0, 0.1) is 5.41 Å². The third-order valence-corrected chi connectivity index (χ3v) is 4.59. The number of carbonyl (C=O) groups excluding carboxylic acids is 3. The van der Waals surface area contributed by atoms with E-state index in [4.69, 9.17) is 4.74 Å². The summed E-state index contributed by atoms with van der Waals surface area (Å²) in [6, 6.07) is 11.7. The third-order valence-electron chi connectivity index (χ3n) is 4.59. The second-order valence-electron chi connectivity index (χ2n) is 6.44. The van der Waals surface area contributed by atoms with Crippen molar-refractivity contribution in [2.24, 2.45) is 5.41 Å². The van der Waals surface area contributed by atoms with Gasteiger partial charge in [-0.25, -0.2) is 0 Å². The van der Waals surface area contributed by atoms with Gasteiger partial charge in [0.25, 0.3) is 0 Å². The van der Waals surface area contributed by atoms with Crippen LogP contribution in [0.25, 0.3) is 0 Å². The molecule has 1 N–H and O–H groups in total. The SMILES string of the molecule is CC1(C(=O)Nc2cccc3c2C(=O)c2ccccc2C3=O)COC1. The van der Waals surface area contributed by atoms with Crippen molar-refractivity contribution in [2.45, 2.75) is 6.92 Å². The topological polar surface area (TPSA) is 72.5 Å². The van der Waals surface area contributed by atoms with Gasteiger partial charge in [-0.15, -0.1) is 0 Å². The zero-order valence-electron chi connectivity index (χ0n) is 13.1. The zero-order chi connectivity index (χ0) is 16.9. The molecule has 0 atom stereocenters. The predicted molar refractivity (Wildman–Crippen MR) is 87.3 cm³/mol. The molecule has 2 aromatic rings. The maximum absolute atomic E-state index is 12.9. The van der Waals surface area contributed by atoms with Gasteiger partial charge in [-0.2, -0.15) is 0 Å². The van der Waals surface area contributed by atoms with Crippen LogP contribution in [0.1, 0.15) is 38.8 Å². The molecule has 1 aliphatic carbocycles. The Labute approximate surface area is 138 Å².